The molecule has 0 fully saturated rings. The SMILES string of the molecule is C#CCON=C(C(=O)O)c1nc(NC=O)sc1Cl. The first-order valence-corrected chi connectivity index (χ1v) is 5.53. The van der Waals surface area contributed by atoms with Crippen molar-refractivity contribution in [3.05, 3.63) is 10.0 Å². The number of nitrogens with zero attached hydrogens (tertiary/aromatic N) is 2. The summed E-state index contributed by atoms with van der Waals surface area (Å²) in [6.45, 7) is -0.183. The van der Waals surface area contributed by atoms with Crippen LogP contribution in [0.15, 0.2) is 5.16 Å². The van der Waals surface area contributed by atoms with E-state index >= 15 is 0 Å². The molecule has 0 bridgehead atoms. The summed E-state index contributed by atoms with van der Waals surface area (Å²) in [7, 11) is 0. The van der Waals surface area contributed by atoms with Crippen molar-refractivity contribution in [2.75, 3.05) is 11.9 Å². The van der Waals surface area contributed by atoms with Crippen LogP contribution in [0.2, 0.25) is 4.34 Å². The first-order chi connectivity index (χ1) is 8.60. The van der Waals surface area contributed by atoms with Crippen LogP contribution in [0, 0.1) is 12.3 Å². The Kier molecular flexibility index (Phi) is 5.10. The van der Waals surface area contributed by atoms with Gasteiger partial charge in [0.15, 0.2) is 11.7 Å². The van der Waals surface area contributed by atoms with Crippen molar-refractivity contribution in [3.63, 3.8) is 0 Å². The second kappa shape index (κ2) is 6.58. The third kappa shape index (κ3) is 3.44. The maximum absolute atomic E-state index is 11.0. The molecule has 0 saturated carbocycles. The monoisotopic (exact) mass is 287 g/mol. The Balaban J connectivity index is 3.06. The summed E-state index contributed by atoms with van der Waals surface area (Å²) in [5.74, 6) is 0.744. The zero-order valence-electron chi connectivity index (χ0n) is 8.71. The molecule has 0 spiro atoms. The predicted octanol–water partition coefficient (Wildman–Crippen LogP) is 0.803. The van der Waals surface area contributed by atoms with Gasteiger partial charge in [0.1, 0.15) is 10.0 Å². The minimum Gasteiger partial charge on any atom is -0.476 e. The highest BCUT2D eigenvalue weighted by molar-refractivity contribution is 7.20. The molecule has 9 heteroatoms. The largest absolute Gasteiger partial charge is 0.476 e. The van der Waals surface area contributed by atoms with Gasteiger partial charge in [-0.3, -0.25) is 4.79 Å². The number of aromatic nitrogens is 1. The minimum absolute atomic E-state index is 0.0600. The molecular formula is C9H6ClN3O4S. The van der Waals surface area contributed by atoms with Gasteiger partial charge in [-0.1, -0.05) is 34.0 Å². The summed E-state index contributed by atoms with van der Waals surface area (Å²) < 4.78 is 0.0600. The van der Waals surface area contributed by atoms with E-state index in [0.29, 0.717) is 6.41 Å². The third-order valence-corrected chi connectivity index (χ3v) is 2.68. The van der Waals surface area contributed by atoms with Crippen molar-refractivity contribution in [2.24, 2.45) is 5.16 Å². The Labute approximate surface area is 110 Å². The Morgan fingerprint density at radius 2 is 2.50 bits per heavy atom. The van der Waals surface area contributed by atoms with Crippen LogP contribution < -0.4 is 5.32 Å². The number of halogens is 1. The molecule has 1 aromatic rings. The van der Waals surface area contributed by atoms with Gasteiger partial charge in [-0.15, -0.1) is 6.42 Å². The molecule has 7 nitrogen and oxygen atoms in total. The zero-order valence-corrected chi connectivity index (χ0v) is 10.3. The lowest BCUT2D eigenvalue weighted by atomic mass is 10.3. The first kappa shape index (κ1) is 14.0. The number of oxime groups is 1. The lowest BCUT2D eigenvalue weighted by molar-refractivity contribution is -0.129. The van der Waals surface area contributed by atoms with Crippen LogP contribution in [-0.4, -0.2) is 34.8 Å². The van der Waals surface area contributed by atoms with E-state index in [-0.39, 0.29) is 21.8 Å². The number of carboxylic acids is 1. The number of carbonyl (C=O) groups is 2. The number of carboxylic acid groups (broad SMARTS) is 1. The van der Waals surface area contributed by atoms with Crippen LogP contribution in [-0.2, 0) is 14.4 Å². The third-order valence-electron chi connectivity index (χ3n) is 1.50. The summed E-state index contributed by atoms with van der Waals surface area (Å²) in [6, 6.07) is 0. The Bertz CT molecular complexity index is 534. The standard InChI is InChI=1S/C9H6ClN3O4S/c1-2-3-17-13-6(8(15)16)5-7(10)18-9(12-5)11-4-14/h1,4H,3H2,(H,15,16)(H,11,12,14). The predicted molar refractivity (Wildman–Crippen MR) is 65.8 cm³/mol. The summed E-state index contributed by atoms with van der Waals surface area (Å²) in [6.07, 6.45) is 5.32. The number of anilines is 1. The van der Waals surface area contributed by atoms with Crippen molar-refractivity contribution in [3.8, 4) is 12.3 Å². The van der Waals surface area contributed by atoms with Gasteiger partial charge in [-0.25, -0.2) is 9.78 Å². The van der Waals surface area contributed by atoms with Gasteiger partial charge in [0.25, 0.3) is 0 Å². The highest BCUT2D eigenvalue weighted by Gasteiger charge is 2.22. The van der Waals surface area contributed by atoms with Crippen LogP contribution in [0.25, 0.3) is 0 Å². The van der Waals surface area contributed by atoms with Gasteiger partial charge in [0.05, 0.1) is 0 Å². The fourth-order valence-electron chi connectivity index (χ4n) is 0.877. The van der Waals surface area contributed by atoms with Crippen molar-refractivity contribution >= 4 is 46.2 Å². The molecule has 0 atom stereocenters. The number of rotatable bonds is 6. The average molecular weight is 288 g/mol. The van der Waals surface area contributed by atoms with Crippen LogP contribution in [0.5, 0.6) is 0 Å². The van der Waals surface area contributed by atoms with Gasteiger partial charge in [-0.05, 0) is 0 Å². The van der Waals surface area contributed by atoms with Crippen LogP contribution in [0.3, 0.4) is 0 Å². The lowest BCUT2D eigenvalue weighted by Gasteiger charge is -1.97. The van der Waals surface area contributed by atoms with Gasteiger partial charge in [-0.2, -0.15) is 0 Å². The Morgan fingerprint density at radius 3 is 3.06 bits per heavy atom. The number of hydrogen-bond donors (Lipinski definition) is 2. The van der Waals surface area contributed by atoms with Crippen LogP contribution in [0.1, 0.15) is 5.69 Å². The summed E-state index contributed by atoms with van der Waals surface area (Å²) in [5.41, 5.74) is -0.596. The number of hydrogen-bond acceptors (Lipinski definition) is 6. The number of terminal acetylenes is 1. The fourth-order valence-corrected chi connectivity index (χ4v) is 1.88. The molecule has 0 aliphatic heterocycles. The van der Waals surface area contributed by atoms with E-state index in [1.807, 2.05) is 0 Å². The van der Waals surface area contributed by atoms with E-state index in [1.54, 1.807) is 0 Å². The Morgan fingerprint density at radius 1 is 1.78 bits per heavy atom. The molecule has 1 heterocycles. The maximum Gasteiger partial charge on any atom is 0.360 e. The molecule has 1 amide bonds. The summed E-state index contributed by atoms with van der Waals surface area (Å²) in [5, 5.41) is 14.7. The smallest absolute Gasteiger partial charge is 0.360 e. The number of carbonyl (C=O) groups excluding carboxylic acids is 1. The molecule has 1 rings (SSSR count). The first-order valence-electron chi connectivity index (χ1n) is 4.33. The van der Waals surface area contributed by atoms with Crippen LogP contribution in [0.4, 0.5) is 5.13 Å². The second-order valence-electron chi connectivity index (χ2n) is 2.63. The van der Waals surface area contributed by atoms with Gasteiger partial charge in [0.2, 0.25) is 12.1 Å². The quantitative estimate of drug-likeness (QED) is 0.265. The molecule has 0 aromatic carbocycles. The van der Waals surface area contributed by atoms with Crippen molar-refractivity contribution < 1.29 is 19.5 Å². The van der Waals surface area contributed by atoms with Crippen molar-refractivity contribution in [1.29, 1.82) is 0 Å². The minimum atomic E-state index is -1.38. The van der Waals surface area contributed by atoms with E-state index < -0.39 is 11.7 Å². The van der Waals surface area contributed by atoms with Gasteiger partial charge < -0.3 is 15.3 Å². The normalized spacial score (nSPS) is 10.6. The highest BCUT2D eigenvalue weighted by atomic mass is 35.5. The molecule has 0 radical (unpaired) electrons. The number of amides is 1. The molecule has 18 heavy (non-hydrogen) atoms. The molecule has 1 aromatic heterocycles. The fraction of sp³-hybridized carbons (Fsp3) is 0.111. The van der Waals surface area contributed by atoms with E-state index in [4.69, 9.17) is 23.1 Å². The Hall–Kier alpha value is -2.11. The van der Waals surface area contributed by atoms with Crippen molar-refractivity contribution in [2.45, 2.75) is 0 Å². The molecule has 0 aliphatic carbocycles. The molecule has 0 unspecified atom stereocenters. The molecule has 94 valence electrons. The molecular weight excluding hydrogens is 282 g/mol. The van der Waals surface area contributed by atoms with Gasteiger partial charge >= 0.3 is 5.97 Å². The molecule has 2 N–H and O–H groups in total. The second-order valence-corrected chi connectivity index (χ2v) is 4.23. The van der Waals surface area contributed by atoms with E-state index in [1.165, 1.54) is 0 Å². The molecule has 0 saturated heterocycles. The number of aliphatic carboxylic acids is 1. The lowest BCUT2D eigenvalue weighted by Crippen LogP contribution is -2.16. The summed E-state index contributed by atoms with van der Waals surface area (Å²) >= 11 is 6.69. The average Bonchev–Trinajstić information content (AvgIpc) is 2.66. The van der Waals surface area contributed by atoms with E-state index in [0.717, 1.165) is 11.3 Å². The van der Waals surface area contributed by atoms with E-state index in [9.17, 15) is 9.59 Å². The van der Waals surface area contributed by atoms with Crippen molar-refractivity contribution in [1.82, 2.24) is 4.98 Å². The number of thiazole rings is 1. The van der Waals surface area contributed by atoms with E-state index in [2.05, 4.69) is 26.2 Å². The highest BCUT2D eigenvalue weighted by Crippen LogP contribution is 2.28. The van der Waals surface area contributed by atoms with Crippen LogP contribution >= 0.6 is 22.9 Å². The maximum atomic E-state index is 11.0. The zero-order chi connectivity index (χ0) is 13.5. The van der Waals surface area contributed by atoms with Gasteiger partial charge in [0, 0.05) is 0 Å². The topological polar surface area (TPSA) is 101 Å². The molecule has 0 aliphatic rings. The summed E-state index contributed by atoms with van der Waals surface area (Å²) in [4.78, 5) is 29.6. The number of nitrogens with one attached hydrogen (secondary N) is 1.